The molecule has 0 saturated heterocycles. The van der Waals surface area contributed by atoms with Crippen molar-refractivity contribution in [3.05, 3.63) is 42.5 Å². The van der Waals surface area contributed by atoms with Crippen molar-refractivity contribution in [1.82, 2.24) is 5.32 Å². The smallest absolute Gasteiger partial charge is 0.242 e. The molecule has 2 N–H and O–H groups in total. The van der Waals surface area contributed by atoms with Gasteiger partial charge >= 0.3 is 0 Å². The second-order valence-corrected chi connectivity index (χ2v) is 9.08. The second kappa shape index (κ2) is 6.00. The van der Waals surface area contributed by atoms with Gasteiger partial charge in [0.15, 0.2) is 0 Å². The van der Waals surface area contributed by atoms with E-state index in [1.807, 2.05) is 19.1 Å². The number of fused-ring (bicyclic) bond motifs is 1. The zero-order chi connectivity index (χ0) is 17.7. The van der Waals surface area contributed by atoms with Gasteiger partial charge in [0.05, 0.1) is 0 Å². The van der Waals surface area contributed by atoms with Crippen LogP contribution in [0.1, 0.15) is 45.4 Å². The molecule has 136 valence electrons. The van der Waals surface area contributed by atoms with Gasteiger partial charge in [-0.1, -0.05) is 36.4 Å². The van der Waals surface area contributed by atoms with E-state index in [0.717, 1.165) is 23.4 Å². The lowest BCUT2D eigenvalue weighted by molar-refractivity contribution is -0.127. The molecule has 1 atom stereocenters. The van der Waals surface area contributed by atoms with Crippen molar-refractivity contribution >= 4 is 22.4 Å². The summed E-state index contributed by atoms with van der Waals surface area (Å²) in [4.78, 5) is 13.0. The number of hydrogen-bond donors (Lipinski definition) is 2. The van der Waals surface area contributed by atoms with Gasteiger partial charge in [-0.15, -0.1) is 0 Å². The van der Waals surface area contributed by atoms with Crippen molar-refractivity contribution in [3.63, 3.8) is 0 Å². The molecule has 4 fully saturated rings. The fourth-order valence-corrected chi connectivity index (χ4v) is 6.28. The number of nitrogens with one attached hydrogen (secondary N) is 2. The minimum absolute atomic E-state index is 0.0839. The minimum Gasteiger partial charge on any atom is -0.373 e. The standard InChI is InChI=1S/C23H28N2O/c1-15(24-21-8-4-6-19-5-2-3-7-20(19)21)22(26)25-23-12-16-9-17(13-23)11-18(10-16)14-23/h2-8,15-18,24H,9-14H2,1H3,(H,25,26)/t15-,16?,17?,18?,23?/m1/s1. The summed E-state index contributed by atoms with van der Waals surface area (Å²) in [6, 6.07) is 14.3. The third-order valence-electron chi connectivity index (χ3n) is 6.98. The Morgan fingerprint density at radius 1 is 0.962 bits per heavy atom. The predicted octanol–water partition coefficient (Wildman–Crippen LogP) is 4.73. The third kappa shape index (κ3) is 2.78. The first-order chi connectivity index (χ1) is 12.6. The molecule has 0 heterocycles. The molecule has 0 radical (unpaired) electrons. The van der Waals surface area contributed by atoms with Crippen LogP contribution in [-0.4, -0.2) is 17.5 Å². The molecule has 0 aliphatic heterocycles. The van der Waals surface area contributed by atoms with Crippen LogP contribution in [0.5, 0.6) is 0 Å². The average Bonchev–Trinajstić information content (AvgIpc) is 2.60. The van der Waals surface area contributed by atoms with Gasteiger partial charge < -0.3 is 10.6 Å². The maximum absolute atomic E-state index is 13.0. The fraction of sp³-hybridized carbons (Fsp3) is 0.522. The van der Waals surface area contributed by atoms with Crippen molar-refractivity contribution in [2.24, 2.45) is 17.8 Å². The highest BCUT2D eigenvalue weighted by Gasteiger charge is 2.51. The molecule has 0 unspecified atom stereocenters. The Kier molecular flexibility index (Phi) is 3.73. The highest BCUT2D eigenvalue weighted by atomic mass is 16.2. The number of amides is 1. The molecule has 4 bridgehead atoms. The van der Waals surface area contributed by atoms with Crippen LogP contribution in [0, 0.1) is 17.8 Å². The molecule has 4 saturated carbocycles. The van der Waals surface area contributed by atoms with Gasteiger partial charge in [-0.3, -0.25) is 4.79 Å². The maximum atomic E-state index is 13.0. The van der Waals surface area contributed by atoms with Crippen LogP contribution in [-0.2, 0) is 4.79 Å². The summed E-state index contributed by atoms with van der Waals surface area (Å²) in [7, 11) is 0. The van der Waals surface area contributed by atoms with Crippen LogP contribution in [0.25, 0.3) is 10.8 Å². The predicted molar refractivity (Wildman–Crippen MR) is 106 cm³/mol. The largest absolute Gasteiger partial charge is 0.373 e. The number of carbonyl (C=O) groups is 1. The maximum Gasteiger partial charge on any atom is 0.242 e. The molecule has 2 aromatic rings. The van der Waals surface area contributed by atoms with Crippen molar-refractivity contribution in [2.45, 2.75) is 57.0 Å². The molecule has 3 heteroatoms. The SMILES string of the molecule is C[C@@H](Nc1cccc2ccccc12)C(=O)NC12CC3CC(CC(C3)C1)C2. The molecule has 4 aliphatic carbocycles. The van der Waals surface area contributed by atoms with Gasteiger partial charge in [0.25, 0.3) is 0 Å². The Morgan fingerprint density at radius 2 is 1.58 bits per heavy atom. The number of anilines is 1. The van der Waals surface area contributed by atoms with E-state index in [-0.39, 0.29) is 17.5 Å². The number of hydrogen-bond acceptors (Lipinski definition) is 2. The van der Waals surface area contributed by atoms with Crippen LogP contribution in [0.15, 0.2) is 42.5 Å². The van der Waals surface area contributed by atoms with Gasteiger partial charge in [0.2, 0.25) is 5.91 Å². The lowest BCUT2D eigenvalue weighted by atomic mass is 9.53. The third-order valence-corrected chi connectivity index (χ3v) is 6.98. The summed E-state index contributed by atoms with van der Waals surface area (Å²) < 4.78 is 0. The number of benzene rings is 2. The normalized spacial score (nSPS) is 33.2. The van der Waals surface area contributed by atoms with E-state index in [2.05, 4.69) is 41.0 Å². The van der Waals surface area contributed by atoms with Crippen LogP contribution in [0.4, 0.5) is 5.69 Å². The van der Waals surface area contributed by atoms with Gasteiger partial charge in [0, 0.05) is 16.6 Å². The minimum atomic E-state index is -0.228. The summed E-state index contributed by atoms with van der Waals surface area (Å²) in [6.45, 7) is 1.98. The number of carbonyl (C=O) groups excluding carboxylic acids is 1. The highest BCUT2D eigenvalue weighted by molar-refractivity contribution is 5.96. The zero-order valence-electron chi connectivity index (χ0n) is 15.5. The van der Waals surface area contributed by atoms with Crippen LogP contribution in [0.3, 0.4) is 0 Å². The average molecular weight is 348 g/mol. The van der Waals surface area contributed by atoms with E-state index in [4.69, 9.17) is 0 Å². The highest BCUT2D eigenvalue weighted by Crippen LogP contribution is 2.55. The summed E-state index contributed by atoms with van der Waals surface area (Å²) in [5.74, 6) is 2.70. The topological polar surface area (TPSA) is 41.1 Å². The van der Waals surface area contributed by atoms with Crippen molar-refractivity contribution < 1.29 is 4.79 Å². The lowest BCUT2D eigenvalue weighted by Gasteiger charge is -2.57. The molecule has 6 rings (SSSR count). The Hall–Kier alpha value is -2.03. The molecule has 1 amide bonds. The number of rotatable bonds is 4. The van der Waals surface area contributed by atoms with E-state index in [1.54, 1.807) is 0 Å². The van der Waals surface area contributed by atoms with Gasteiger partial charge in [-0.2, -0.15) is 0 Å². The van der Waals surface area contributed by atoms with E-state index in [9.17, 15) is 4.79 Å². The van der Waals surface area contributed by atoms with Gasteiger partial charge in [-0.25, -0.2) is 0 Å². The lowest BCUT2D eigenvalue weighted by Crippen LogP contribution is -2.61. The van der Waals surface area contributed by atoms with Crippen LogP contribution < -0.4 is 10.6 Å². The summed E-state index contributed by atoms with van der Waals surface area (Å²) in [6.07, 6.45) is 7.81. The fourth-order valence-electron chi connectivity index (χ4n) is 6.28. The van der Waals surface area contributed by atoms with Crippen molar-refractivity contribution in [2.75, 3.05) is 5.32 Å². The molecule has 4 aliphatic rings. The quantitative estimate of drug-likeness (QED) is 0.839. The molecule has 0 aromatic heterocycles. The summed E-state index contributed by atoms with van der Waals surface area (Å²) >= 11 is 0. The molecular weight excluding hydrogens is 320 g/mol. The van der Waals surface area contributed by atoms with Crippen molar-refractivity contribution in [3.8, 4) is 0 Å². The van der Waals surface area contributed by atoms with E-state index < -0.39 is 0 Å². The van der Waals surface area contributed by atoms with E-state index in [1.165, 1.54) is 49.3 Å². The molecule has 3 nitrogen and oxygen atoms in total. The van der Waals surface area contributed by atoms with Gasteiger partial charge in [0.1, 0.15) is 6.04 Å². The summed E-state index contributed by atoms with van der Waals surface area (Å²) in [5.41, 5.74) is 1.12. The molecule has 0 spiro atoms. The monoisotopic (exact) mass is 348 g/mol. The first kappa shape index (κ1) is 16.2. The summed E-state index contributed by atoms with van der Waals surface area (Å²) in [5, 5.41) is 9.32. The Morgan fingerprint density at radius 3 is 2.27 bits per heavy atom. The Bertz CT molecular complexity index is 802. The Labute approximate surface area is 155 Å². The van der Waals surface area contributed by atoms with Crippen LogP contribution in [0.2, 0.25) is 0 Å². The molecule has 2 aromatic carbocycles. The Balaban J connectivity index is 1.31. The zero-order valence-corrected chi connectivity index (χ0v) is 15.5. The van der Waals surface area contributed by atoms with E-state index in [0.29, 0.717) is 0 Å². The van der Waals surface area contributed by atoms with E-state index >= 15 is 0 Å². The molecule has 26 heavy (non-hydrogen) atoms. The second-order valence-electron chi connectivity index (χ2n) is 9.08. The van der Waals surface area contributed by atoms with Crippen LogP contribution >= 0.6 is 0 Å². The van der Waals surface area contributed by atoms with Gasteiger partial charge in [-0.05, 0) is 74.7 Å². The first-order valence-corrected chi connectivity index (χ1v) is 10.2. The molecular formula is C23H28N2O. The van der Waals surface area contributed by atoms with Crippen molar-refractivity contribution in [1.29, 1.82) is 0 Å². The first-order valence-electron chi connectivity index (χ1n) is 10.2.